The second-order valence-corrected chi connectivity index (χ2v) is 4.51. The largest absolute Gasteiger partial charge is 0.356 e. The fourth-order valence-electron chi connectivity index (χ4n) is 2.29. The summed E-state index contributed by atoms with van der Waals surface area (Å²) in [5, 5.41) is 2.89. The minimum Gasteiger partial charge on any atom is -0.356 e. The monoisotopic (exact) mass is 217 g/mol. The summed E-state index contributed by atoms with van der Waals surface area (Å²) in [6, 6.07) is 10.6. The number of benzene rings is 1. The van der Waals surface area contributed by atoms with Crippen molar-refractivity contribution in [3.8, 4) is 0 Å². The molecule has 16 heavy (non-hydrogen) atoms. The lowest BCUT2D eigenvalue weighted by atomic mass is 9.98. The van der Waals surface area contributed by atoms with Crippen LogP contribution < -0.4 is 5.32 Å². The van der Waals surface area contributed by atoms with Crippen molar-refractivity contribution < 1.29 is 4.79 Å². The highest BCUT2D eigenvalue weighted by atomic mass is 16.2. The quantitative estimate of drug-likeness (QED) is 0.754. The van der Waals surface area contributed by atoms with Crippen LogP contribution in [0.4, 0.5) is 0 Å². The molecule has 0 saturated carbocycles. The Kier molecular flexibility index (Phi) is 3.97. The third-order valence-electron chi connectivity index (χ3n) is 3.27. The molecule has 1 heterocycles. The van der Waals surface area contributed by atoms with Crippen LogP contribution in [-0.4, -0.2) is 12.5 Å². The van der Waals surface area contributed by atoms with E-state index < -0.39 is 0 Å². The molecule has 2 rings (SSSR count). The van der Waals surface area contributed by atoms with Gasteiger partial charge in [-0.05, 0) is 31.2 Å². The second kappa shape index (κ2) is 5.69. The van der Waals surface area contributed by atoms with Gasteiger partial charge in [-0.3, -0.25) is 4.79 Å². The molecule has 1 saturated heterocycles. The van der Waals surface area contributed by atoms with Gasteiger partial charge in [-0.25, -0.2) is 0 Å². The predicted octanol–water partition coefficient (Wildman–Crippen LogP) is 2.54. The first kappa shape index (κ1) is 11.2. The fraction of sp³-hybridized carbons (Fsp3) is 0.500. The molecule has 0 aliphatic carbocycles. The van der Waals surface area contributed by atoms with Crippen molar-refractivity contribution in [2.24, 2.45) is 5.92 Å². The first-order valence-corrected chi connectivity index (χ1v) is 6.18. The molecule has 0 aromatic heterocycles. The summed E-state index contributed by atoms with van der Waals surface area (Å²) in [5.41, 5.74) is 1.40. The van der Waals surface area contributed by atoms with E-state index >= 15 is 0 Å². The Morgan fingerprint density at radius 2 is 2.00 bits per heavy atom. The van der Waals surface area contributed by atoms with Crippen LogP contribution in [0.5, 0.6) is 0 Å². The van der Waals surface area contributed by atoms with Crippen molar-refractivity contribution in [2.75, 3.05) is 6.54 Å². The van der Waals surface area contributed by atoms with Gasteiger partial charge in [-0.15, -0.1) is 0 Å². The normalized spacial score (nSPS) is 19.8. The lowest BCUT2D eigenvalue weighted by Gasteiger charge is -2.06. The molecule has 1 N–H and O–H groups in total. The molecule has 0 spiro atoms. The van der Waals surface area contributed by atoms with E-state index in [0.29, 0.717) is 0 Å². The summed E-state index contributed by atoms with van der Waals surface area (Å²) in [4.78, 5) is 11.3. The Balaban J connectivity index is 1.64. The maximum absolute atomic E-state index is 11.3. The van der Waals surface area contributed by atoms with Gasteiger partial charge in [0, 0.05) is 12.5 Å². The Morgan fingerprint density at radius 3 is 2.69 bits per heavy atom. The number of amides is 1. The number of aryl methyl sites for hydroxylation is 1. The van der Waals surface area contributed by atoms with E-state index in [-0.39, 0.29) is 11.8 Å². The van der Waals surface area contributed by atoms with E-state index in [0.717, 1.165) is 32.2 Å². The van der Waals surface area contributed by atoms with Crippen molar-refractivity contribution in [1.82, 2.24) is 5.32 Å². The molecule has 0 bridgehead atoms. The van der Waals surface area contributed by atoms with E-state index in [4.69, 9.17) is 0 Å². The van der Waals surface area contributed by atoms with Crippen molar-refractivity contribution in [3.05, 3.63) is 35.9 Å². The summed E-state index contributed by atoms with van der Waals surface area (Å²) < 4.78 is 0. The first-order chi connectivity index (χ1) is 7.86. The maximum Gasteiger partial charge on any atom is 0.223 e. The van der Waals surface area contributed by atoms with Crippen LogP contribution in [0.25, 0.3) is 0 Å². The van der Waals surface area contributed by atoms with E-state index in [1.807, 2.05) is 6.07 Å². The molecule has 1 aromatic carbocycles. The van der Waals surface area contributed by atoms with Gasteiger partial charge in [0.15, 0.2) is 0 Å². The van der Waals surface area contributed by atoms with E-state index in [9.17, 15) is 4.79 Å². The van der Waals surface area contributed by atoms with E-state index in [1.165, 1.54) is 12.0 Å². The van der Waals surface area contributed by atoms with Gasteiger partial charge in [-0.2, -0.15) is 0 Å². The van der Waals surface area contributed by atoms with Crippen molar-refractivity contribution in [1.29, 1.82) is 0 Å². The Hall–Kier alpha value is -1.31. The van der Waals surface area contributed by atoms with Gasteiger partial charge < -0.3 is 5.32 Å². The van der Waals surface area contributed by atoms with Gasteiger partial charge in [0.25, 0.3) is 0 Å². The molecule has 2 heteroatoms. The third kappa shape index (κ3) is 3.09. The molecule has 2 nitrogen and oxygen atoms in total. The minimum absolute atomic E-state index is 0.264. The van der Waals surface area contributed by atoms with E-state index in [1.54, 1.807) is 0 Å². The van der Waals surface area contributed by atoms with Crippen LogP contribution in [0, 0.1) is 5.92 Å². The smallest absolute Gasteiger partial charge is 0.223 e. The number of hydrogen-bond acceptors (Lipinski definition) is 1. The Bertz CT molecular complexity index is 334. The average Bonchev–Trinajstić information content (AvgIpc) is 2.72. The molecule has 0 radical (unpaired) electrons. The highest BCUT2D eigenvalue weighted by molar-refractivity contribution is 5.80. The zero-order chi connectivity index (χ0) is 11.2. The standard InChI is InChI=1S/C14H19NO/c16-14-13(10-11-15-14)9-5-4-8-12-6-2-1-3-7-12/h1-3,6-7,13H,4-5,8-11H2,(H,15,16). The first-order valence-electron chi connectivity index (χ1n) is 6.18. The van der Waals surface area contributed by atoms with Gasteiger partial charge in [0.1, 0.15) is 0 Å². The summed E-state index contributed by atoms with van der Waals surface area (Å²) in [5.74, 6) is 0.551. The second-order valence-electron chi connectivity index (χ2n) is 4.51. The van der Waals surface area contributed by atoms with Crippen LogP contribution in [0.3, 0.4) is 0 Å². The molecule has 1 fully saturated rings. The summed E-state index contributed by atoms with van der Waals surface area (Å²) in [6.07, 6.45) is 5.57. The molecule has 86 valence electrons. The number of carbonyl (C=O) groups excluding carboxylic acids is 1. The highest BCUT2D eigenvalue weighted by Crippen LogP contribution is 2.17. The van der Waals surface area contributed by atoms with Crippen molar-refractivity contribution >= 4 is 5.91 Å². The predicted molar refractivity (Wildman–Crippen MR) is 65.1 cm³/mol. The number of unbranched alkanes of at least 4 members (excludes halogenated alkanes) is 1. The third-order valence-corrected chi connectivity index (χ3v) is 3.27. The van der Waals surface area contributed by atoms with Gasteiger partial charge >= 0.3 is 0 Å². The average molecular weight is 217 g/mol. The Morgan fingerprint density at radius 1 is 1.19 bits per heavy atom. The highest BCUT2D eigenvalue weighted by Gasteiger charge is 2.22. The summed E-state index contributed by atoms with van der Waals surface area (Å²) >= 11 is 0. The number of hydrogen-bond donors (Lipinski definition) is 1. The van der Waals surface area contributed by atoms with Crippen LogP contribution in [0.2, 0.25) is 0 Å². The minimum atomic E-state index is 0.264. The lowest BCUT2D eigenvalue weighted by Crippen LogP contribution is -2.18. The van der Waals surface area contributed by atoms with Crippen LogP contribution >= 0.6 is 0 Å². The molecule has 1 aliphatic rings. The number of nitrogens with one attached hydrogen (secondary N) is 1. The topological polar surface area (TPSA) is 29.1 Å². The maximum atomic E-state index is 11.3. The number of carbonyl (C=O) groups is 1. The molecule has 1 unspecified atom stereocenters. The zero-order valence-electron chi connectivity index (χ0n) is 9.61. The Labute approximate surface area is 97.1 Å². The molecule has 1 aliphatic heterocycles. The van der Waals surface area contributed by atoms with Crippen LogP contribution in [-0.2, 0) is 11.2 Å². The van der Waals surface area contributed by atoms with Crippen LogP contribution in [0.15, 0.2) is 30.3 Å². The summed E-state index contributed by atoms with van der Waals surface area (Å²) in [6.45, 7) is 0.877. The zero-order valence-corrected chi connectivity index (χ0v) is 9.61. The van der Waals surface area contributed by atoms with Gasteiger partial charge in [0.2, 0.25) is 5.91 Å². The van der Waals surface area contributed by atoms with Gasteiger partial charge in [-0.1, -0.05) is 36.8 Å². The molecule has 1 aromatic rings. The fourth-order valence-corrected chi connectivity index (χ4v) is 2.29. The van der Waals surface area contributed by atoms with Crippen molar-refractivity contribution in [2.45, 2.75) is 32.1 Å². The molecular weight excluding hydrogens is 198 g/mol. The molecular formula is C14H19NO. The number of rotatable bonds is 5. The lowest BCUT2D eigenvalue weighted by molar-refractivity contribution is -0.122. The van der Waals surface area contributed by atoms with E-state index in [2.05, 4.69) is 29.6 Å². The SMILES string of the molecule is O=C1NCCC1CCCCc1ccccc1. The molecule has 1 amide bonds. The van der Waals surface area contributed by atoms with Gasteiger partial charge in [0.05, 0.1) is 0 Å². The molecule has 1 atom stereocenters. The van der Waals surface area contributed by atoms with Crippen LogP contribution in [0.1, 0.15) is 31.2 Å². The summed E-state index contributed by atoms with van der Waals surface area (Å²) in [7, 11) is 0. The van der Waals surface area contributed by atoms with Crippen molar-refractivity contribution in [3.63, 3.8) is 0 Å².